The number of benzene rings is 3. The van der Waals surface area contributed by atoms with Crippen molar-refractivity contribution in [1.82, 2.24) is 0 Å². The Morgan fingerprint density at radius 3 is 2.50 bits per heavy atom. The van der Waals surface area contributed by atoms with Gasteiger partial charge in [-0.2, -0.15) is 8.42 Å². The Morgan fingerprint density at radius 1 is 1.08 bits per heavy atom. The summed E-state index contributed by atoms with van der Waals surface area (Å²) in [4.78, 5) is 10.2. The van der Waals surface area contributed by atoms with Crippen LogP contribution in [-0.2, 0) is 10.1 Å². The highest BCUT2D eigenvalue weighted by Crippen LogP contribution is 2.36. The smallest absolute Gasteiger partial charge is 0.339 e. The van der Waals surface area contributed by atoms with Crippen molar-refractivity contribution in [2.45, 2.75) is 11.8 Å². The van der Waals surface area contributed by atoms with Crippen LogP contribution in [0, 0.1) is 17.0 Å². The lowest BCUT2D eigenvalue weighted by Crippen LogP contribution is -2.12. The SMILES string of the molecule is Cc1c([N+](=O)[O-])cccc1S(=O)(=O)Oc1ccc2cc(Br)ccc2c1Br. The van der Waals surface area contributed by atoms with Gasteiger partial charge in [0.15, 0.2) is 5.75 Å². The molecule has 0 spiro atoms. The zero-order chi connectivity index (χ0) is 19.1. The Balaban J connectivity index is 2.07. The summed E-state index contributed by atoms with van der Waals surface area (Å²) in [6.45, 7) is 1.38. The standard InChI is InChI=1S/C17H11Br2NO5S/c1-10-14(20(21)22)3-2-4-16(10)26(23,24)25-15-8-5-11-9-12(18)6-7-13(11)17(15)19/h2-9H,1H3. The molecule has 0 saturated heterocycles. The number of nitro benzene ring substituents is 1. The molecule has 0 fully saturated rings. The predicted molar refractivity (Wildman–Crippen MR) is 105 cm³/mol. The van der Waals surface area contributed by atoms with Crippen molar-refractivity contribution in [1.29, 1.82) is 0 Å². The highest BCUT2D eigenvalue weighted by atomic mass is 79.9. The van der Waals surface area contributed by atoms with E-state index in [0.717, 1.165) is 15.2 Å². The lowest BCUT2D eigenvalue weighted by Gasteiger charge is -2.12. The van der Waals surface area contributed by atoms with Crippen molar-refractivity contribution in [3.8, 4) is 5.75 Å². The first kappa shape index (κ1) is 18.8. The highest BCUT2D eigenvalue weighted by molar-refractivity contribution is 9.11. The third-order valence-corrected chi connectivity index (χ3v) is 6.49. The second-order valence-electron chi connectivity index (χ2n) is 5.44. The van der Waals surface area contributed by atoms with Crippen LogP contribution in [0.15, 0.2) is 62.4 Å². The minimum absolute atomic E-state index is 0.0262. The van der Waals surface area contributed by atoms with Crippen LogP contribution in [0.1, 0.15) is 5.56 Å². The molecule has 9 heteroatoms. The summed E-state index contributed by atoms with van der Waals surface area (Å²) in [6, 6.07) is 12.6. The number of nitrogens with zero attached hydrogens (tertiary/aromatic N) is 1. The Kier molecular flexibility index (Phi) is 5.05. The Bertz CT molecular complexity index is 1150. The molecule has 0 aliphatic rings. The monoisotopic (exact) mass is 499 g/mol. The highest BCUT2D eigenvalue weighted by Gasteiger charge is 2.25. The summed E-state index contributed by atoms with van der Waals surface area (Å²) < 4.78 is 32.0. The first-order chi connectivity index (χ1) is 12.2. The van der Waals surface area contributed by atoms with Gasteiger partial charge in [-0.15, -0.1) is 0 Å². The second-order valence-corrected chi connectivity index (χ2v) is 8.66. The summed E-state index contributed by atoms with van der Waals surface area (Å²) in [7, 11) is -4.24. The molecular formula is C17H11Br2NO5S. The van der Waals surface area contributed by atoms with Gasteiger partial charge in [0.1, 0.15) is 4.90 Å². The fraction of sp³-hybridized carbons (Fsp3) is 0.0588. The van der Waals surface area contributed by atoms with E-state index in [1.807, 2.05) is 18.2 Å². The zero-order valence-corrected chi connectivity index (χ0v) is 17.3. The topological polar surface area (TPSA) is 86.5 Å². The van der Waals surface area contributed by atoms with Crippen LogP contribution in [-0.4, -0.2) is 13.3 Å². The maximum absolute atomic E-state index is 12.7. The number of hydrogen-bond donors (Lipinski definition) is 0. The van der Waals surface area contributed by atoms with Gasteiger partial charge < -0.3 is 4.18 Å². The molecule has 0 bridgehead atoms. The van der Waals surface area contributed by atoms with Crippen LogP contribution < -0.4 is 4.18 Å². The van der Waals surface area contributed by atoms with Crippen molar-refractivity contribution < 1.29 is 17.5 Å². The van der Waals surface area contributed by atoms with Crippen LogP contribution in [0.4, 0.5) is 5.69 Å². The molecule has 0 aromatic heterocycles. The largest absolute Gasteiger partial charge is 0.378 e. The number of fused-ring (bicyclic) bond motifs is 1. The van der Waals surface area contributed by atoms with Crippen LogP contribution in [0.25, 0.3) is 10.8 Å². The molecule has 0 heterocycles. The maximum Gasteiger partial charge on any atom is 0.339 e. The van der Waals surface area contributed by atoms with E-state index in [-0.39, 0.29) is 21.9 Å². The van der Waals surface area contributed by atoms with E-state index in [2.05, 4.69) is 31.9 Å². The quantitative estimate of drug-likeness (QED) is 0.274. The molecule has 0 radical (unpaired) electrons. The lowest BCUT2D eigenvalue weighted by molar-refractivity contribution is -0.385. The van der Waals surface area contributed by atoms with Gasteiger partial charge in [-0.1, -0.05) is 34.1 Å². The van der Waals surface area contributed by atoms with Gasteiger partial charge in [-0.25, -0.2) is 0 Å². The first-order valence-corrected chi connectivity index (χ1v) is 10.3. The average molecular weight is 501 g/mol. The molecular weight excluding hydrogens is 490 g/mol. The van der Waals surface area contributed by atoms with Gasteiger partial charge in [0.25, 0.3) is 5.69 Å². The Labute approximate surface area is 166 Å². The van der Waals surface area contributed by atoms with Crippen molar-refractivity contribution >= 4 is 58.4 Å². The molecule has 26 heavy (non-hydrogen) atoms. The van der Waals surface area contributed by atoms with Crippen LogP contribution in [0.5, 0.6) is 5.75 Å². The van der Waals surface area contributed by atoms with Gasteiger partial charge in [0.2, 0.25) is 0 Å². The first-order valence-electron chi connectivity index (χ1n) is 7.27. The fourth-order valence-electron chi connectivity index (χ4n) is 2.54. The van der Waals surface area contributed by atoms with E-state index in [1.165, 1.54) is 31.2 Å². The molecule has 0 aliphatic heterocycles. The van der Waals surface area contributed by atoms with Gasteiger partial charge in [-0.3, -0.25) is 10.1 Å². The van der Waals surface area contributed by atoms with E-state index in [0.29, 0.717) is 4.47 Å². The molecule has 0 N–H and O–H groups in total. The molecule has 0 unspecified atom stereocenters. The van der Waals surface area contributed by atoms with Crippen molar-refractivity contribution in [2.24, 2.45) is 0 Å². The number of hydrogen-bond acceptors (Lipinski definition) is 5. The van der Waals surface area contributed by atoms with Gasteiger partial charge in [0, 0.05) is 16.1 Å². The third-order valence-electron chi connectivity index (χ3n) is 3.80. The molecule has 0 atom stereocenters. The van der Waals surface area contributed by atoms with Gasteiger partial charge >= 0.3 is 10.1 Å². The second kappa shape index (κ2) is 6.98. The van der Waals surface area contributed by atoms with Crippen LogP contribution in [0.3, 0.4) is 0 Å². The molecule has 0 amide bonds. The van der Waals surface area contributed by atoms with E-state index in [1.54, 1.807) is 6.07 Å². The summed E-state index contributed by atoms with van der Waals surface area (Å²) in [5, 5.41) is 12.7. The summed E-state index contributed by atoms with van der Waals surface area (Å²) in [5.74, 6) is 0.103. The fourth-order valence-corrected chi connectivity index (χ4v) is 4.79. The summed E-state index contributed by atoms with van der Waals surface area (Å²) >= 11 is 6.76. The van der Waals surface area contributed by atoms with Gasteiger partial charge in [0.05, 0.1) is 9.40 Å². The van der Waals surface area contributed by atoms with E-state index in [4.69, 9.17) is 4.18 Å². The van der Waals surface area contributed by atoms with E-state index in [9.17, 15) is 18.5 Å². The third kappa shape index (κ3) is 3.46. The number of rotatable bonds is 4. The minimum atomic E-state index is -4.24. The Hall–Kier alpha value is -1.97. The zero-order valence-electron chi connectivity index (χ0n) is 13.3. The predicted octanol–water partition coefficient (Wildman–Crippen LogP) is 5.35. The van der Waals surface area contributed by atoms with Gasteiger partial charge in [-0.05, 0) is 57.9 Å². The molecule has 3 aromatic carbocycles. The van der Waals surface area contributed by atoms with E-state index >= 15 is 0 Å². The van der Waals surface area contributed by atoms with Crippen molar-refractivity contribution in [2.75, 3.05) is 0 Å². The van der Waals surface area contributed by atoms with Crippen molar-refractivity contribution in [3.63, 3.8) is 0 Å². The molecule has 3 rings (SSSR count). The van der Waals surface area contributed by atoms with Crippen molar-refractivity contribution in [3.05, 3.63) is 73.2 Å². The summed E-state index contributed by atoms with van der Waals surface area (Å²) in [6.07, 6.45) is 0. The summed E-state index contributed by atoms with van der Waals surface area (Å²) in [5.41, 5.74) is -0.254. The van der Waals surface area contributed by atoms with Crippen LogP contribution >= 0.6 is 31.9 Å². The molecule has 3 aromatic rings. The lowest BCUT2D eigenvalue weighted by atomic mass is 10.1. The average Bonchev–Trinajstić information content (AvgIpc) is 2.57. The molecule has 0 saturated carbocycles. The number of nitro groups is 1. The maximum atomic E-state index is 12.7. The van der Waals surface area contributed by atoms with Crippen LogP contribution in [0.2, 0.25) is 0 Å². The van der Waals surface area contributed by atoms with E-state index < -0.39 is 15.0 Å². The Morgan fingerprint density at radius 2 is 1.81 bits per heavy atom. The molecule has 0 aliphatic carbocycles. The number of halogens is 2. The minimum Gasteiger partial charge on any atom is -0.378 e. The molecule has 134 valence electrons. The normalized spacial score (nSPS) is 11.5. The molecule has 6 nitrogen and oxygen atoms in total.